The highest BCUT2D eigenvalue weighted by Gasteiger charge is 2.31. The van der Waals surface area contributed by atoms with Crippen molar-refractivity contribution in [3.8, 4) is 11.5 Å². The lowest BCUT2D eigenvalue weighted by Gasteiger charge is -2.28. The molecule has 1 amide bonds. The quantitative estimate of drug-likeness (QED) is 0.715. The van der Waals surface area contributed by atoms with Gasteiger partial charge >= 0.3 is 6.61 Å². The lowest BCUT2D eigenvalue weighted by molar-refractivity contribution is -0.124. The summed E-state index contributed by atoms with van der Waals surface area (Å²) < 4.78 is 46.3. The number of ether oxygens (including phenoxy) is 2. The number of anilines is 2. The fourth-order valence-corrected chi connectivity index (χ4v) is 3.34. The molecule has 2 aliphatic rings. The molecule has 0 aliphatic carbocycles. The molecule has 174 valence electrons. The molecule has 2 fully saturated rings. The van der Waals surface area contributed by atoms with E-state index < -0.39 is 30.2 Å². The molecule has 8 nitrogen and oxygen atoms in total. The van der Waals surface area contributed by atoms with Gasteiger partial charge in [-0.25, -0.2) is 9.37 Å². The van der Waals surface area contributed by atoms with Gasteiger partial charge in [0.1, 0.15) is 17.7 Å². The van der Waals surface area contributed by atoms with Gasteiger partial charge in [-0.3, -0.25) is 4.79 Å². The highest BCUT2D eigenvalue weighted by atomic mass is 19.3. The van der Waals surface area contributed by atoms with Gasteiger partial charge < -0.3 is 29.7 Å². The van der Waals surface area contributed by atoms with Crippen LogP contribution in [0.3, 0.4) is 0 Å². The number of carbonyl (C=O) groups excluding carboxylic acids is 1. The van der Waals surface area contributed by atoms with E-state index in [1.807, 2.05) is 12.1 Å². The number of aromatic nitrogens is 1. The third kappa shape index (κ3) is 6.01. The molecule has 2 aliphatic heterocycles. The predicted molar refractivity (Wildman–Crippen MR) is 112 cm³/mol. The average Bonchev–Trinajstić information content (AvgIpc) is 3.14. The Kier molecular flexibility index (Phi) is 8.12. The summed E-state index contributed by atoms with van der Waals surface area (Å²) in [4.78, 5) is 19.3. The summed E-state index contributed by atoms with van der Waals surface area (Å²) in [6.07, 6.45) is 0.928. The molecule has 0 saturated carbocycles. The minimum absolute atomic E-state index is 0.204. The fraction of sp³-hybridized carbons (Fsp3) is 0.429. The average molecular weight is 454 g/mol. The second kappa shape index (κ2) is 11.0. The number of nitrogens with one attached hydrogen (secondary N) is 1. The second-order valence-electron chi connectivity index (χ2n) is 7.08. The van der Waals surface area contributed by atoms with Gasteiger partial charge in [0, 0.05) is 50.9 Å². The van der Waals surface area contributed by atoms with E-state index in [1.54, 1.807) is 13.3 Å². The van der Waals surface area contributed by atoms with Gasteiger partial charge in [0.25, 0.3) is 5.91 Å². The summed E-state index contributed by atoms with van der Waals surface area (Å²) in [5.41, 5.74) is 0.204. The molecule has 2 saturated heterocycles. The molecule has 0 bridgehead atoms. The number of halogens is 3. The maximum Gasteiger partial charge on any atom is 0.387 e. The summed E-state index contributed by atoms with van der Waals surface area (Å²) in [6, 6.07) is 7.19. The standard InChI is InChI=1S/C11H10F3NO3.C10H15N3O/c12-7-5-6(1-2-9(7)18-11(13)14)15-4-3-8(16)10(15)17;1-14-9-2-3-10(12-8-9)13-6-4-11-5-7-13/h1-2,5,8,11,16H,3-4H2;2-3,8,11H,4-7H2,1H3. The maximum absolute atomic E-state index is 13.4. The number of amides is 1. The van der Waals surface area contributed by atoms with E-state index in [2.05, 4.69) is 19.9 Å². The summed E-state index contributed by atoms with van der Waals surface area (Å²) in [5, 5.41) is 12.6. The summed E-state index contributed by atoms with van der Waals surface area (Å²) in [7, 11) is 1.65. The van der Waals surface area contributed by atoms with Gasteiger partial charge in [-0.15, -0.1) is 0 Å². The number of carbonyl (C=O) groups is 1. The van der Waals surface area contributed by atoms with Crippen molar-refractivity contribution in [1.29, 1.82) is 0 Å². The van der Waals surface area contributed by atoms with Gasteiger partial charge in [-0.1, -0.05) is 0 Å². The van der Waals surface area contributed by atoms with Crippen LogP contribution in [0, 0.1) is 5.82 Å². The first kappa shape index (κ1) is 23.6. The Morgan fingerprint density at radius 2 is 1.94 bits per heavy atom. The molecule has 3 heterocycles. The fourth-order valence-electron chi connectivity index (χ4n) is 3.34. The van der Waals surface area contributed by atoms with Crippen LogP contribution in [0.5, 0.6) is 11.5 Å². The third-order valence-corrected chi connectivity index (χ3v) is 5.02. The van der Waals surface area contributed by atoms with Crippen molar-refractivity contribution in [2.24, 2.45) is 0 Å². The van der Waals surface area contributed by atoms with E-state index in [0.717, 1.165) is 49.9 Å². The molecule has 2 N–H and O–H groups in total. The largest absolute Gasteiger partial charge is 0.495 e. The zero-order valence-corrected chi connectivity index (χ0v) is 17.5. The first-order chi connectivity index (χ1) is 15.4. The van der Waals surface area contributed by atoms with E-state index in [9.17, 15) is 23.1 Å². The summed E-state index contributed by atoms with van der Waals surface area (Å²) >= 11 is 0. The maximum atomic E-state index is 13.4. The van der Waals surface area contributed by atoms with Crippen LogP contribution in [0.2, 0.25) is 0 Å². The summed E-state index contributed by atoms with van der Waals surface area (Å²) in [6.45, 7) is 1.27. The van der Waals surface area contributed by atoms with Gasteiger partial charge in [-0.05, 0) is 24.3 Å². The Hall–Kier alpha value is -3.05. The number of hydrogen-bond acceptors (Lipinski definition) is 7. The Morgan fingerprint density at radius 1 is 1.19 bits per heavy atom. The van der Waals surface area contributed by atoms with Crippen molar-refractivity contribution in [1.82, 2.24) is 10.3 Å². The molecule has 0 radical (unpaired) electrons. The number of methoxy groups -OCH3 is 1. The summed E-state index contributed by atoms with van der Waals surface area (Å²) in [5.74, 6) is -0.254. The molecule has 0 spiro atoms. The van der Waals surface area contributed by atoms with Gasteiger partial charge in [-0.2, -0.15) is 8.78 Å². The normalized spacial score (nSPS) is 18.4. The van der Waals surface area contributed by atoms with Crippen LogP contribution in [-0.2, 0) is 4.79 Å². The number of rotatable bonds is 5. The van der Waals surface area contributed by atoms with Crippen molar-refractivity contribution in [3.05, 3.63) is 42.3 Å². The highest BCUT2D eigenvalue weighted by Crippen LogP contribution is 2.27. The van der Waals surface area contributed by atoms with Crippen molar-refractivity contribution < 1.29 is 32.5 Å². The number of benzene rings is 1. The van der Waals surface area contributed by atoms with Crippen LogP contribution >= 0.6 is 0 Å². The molecular weight excluding hydrogens is 429 g/mol. The van der Waals surface area contributed by atoms with Crippen molar-refractivity contribution in [2.45, 2.75) is 19.1 Å². The van der Waals surface area contributed by atoms with Gasteiger partial charge in [0.05, 0.1) is 13.3 Å². The topological polar surface area (TPSA) is 87.2 Å². The van der Waals surface area contributed by atoms with E-state index >= 15 is 0 Å². The zero-order valence-electron chi connectivity index (χ0n) is 17.5. The SMILES string of the molecule is COc1ccc(N2CCNCC2)nc1.O=C1C(O)CCN1c1ccc(OC(F)F)c(F)c1. The third-order valence-electron chi connectivity index (χ3n) is 5.02. The Labute approximate surface area is 183 Å². The zero-order chi connectivity index (χ0) is 23.1. The molecule has 2 aromatic rings. The number of piperazine rings is 1. The highest BCUT2D eigenvalue weighted by molar-refractivity contribution is 5.98. The number of aliphatic hydroxyl groups excluding tert-OH is 1. The van der Waals surface area contributed by atoms with Crippen LogP contribution in [0.15, 0.2) is 36.5 Å². The predicted octanol–water partition coefficient (Wildman–Crippen LogP) is 2.02. The molecular formula is C21H25F3N4O4. The number of pyridine rings is 1. The number of hydrogen-bond donors (Lipinski definition) is 2. The first-order valence-electron chi connectivity index (χ1n) is 10.1. The molecule has 4 rings (SSSR count). The van der Waals surface area contributed by atoms with Crippen LogP contribution in [-0.4, -0.2) is 68.5 Å². The van der Waals surface area contributed by atoms with Crippen LogP contribution in [0.1, 0.15) is 6.42 Å². The Balaban J connectivity index is 0.000000186. The van der Waals surface area contributed by atoms with E-state index in [1.165, 1.54) is 11.0 Å². The van der Waals surface area contributed by atoms with Crippen molar-refractivity contribution in [2.75, 3.05) is 49.6 Å². The van der Waals surface area contributed by atoms with E-state index in [-0.39, 0.29) is 18.7 Å². The van der Waals surface area contributed by atoms with Crippen molar-refractivity contribution in [3.63, 3.8) is 0 Å². The van der Waals surface area contributed by atoms with Gasteiger partial charge in [0.2, 0.25) is 0 Å². The molecule has 1 aromatic carbocycles. The Morgan fingerprint density at radius 3 is 2.47 bits per heavy atom. The molecule has 32 heavy (non-hydrogen) atoms. The lowest BCUT2D eigenvalue weighted by atomic mass is 10.2. The second-order valence-corrected chi connectivity index (χ2v) is 7.08. The smallest absolute Gasteiger partial charge is 0.387 e. The van der Waals surface area contributed by atoms with Gasteiger partial charge in [0.15, 0.2) is 11.6 Å². The molecule has 1 unspecified atom stereocenters. The Bertz CT molecular complexity index is 895. The number of aliphatic hydroxyl groups is 1. The number of nitrogens with zero attached hydrogens (tertiary/aromatic N) is 3. The minimum Gasteiger partial charge on any atom is -0.495 e. The number of alkyl halides is 2. The first-order valence-corrected chi connectivity index (χ1v) is 10.1. The lowest BCUT2D eigenvalue weighted by Crippen LogP contribution is -2.43. The van der Waals surface area contributed by atoms with E-state index in [4.69, 9.17) is 4.74 Å². The van der Waals surface area contributed by atoms with Crippen LogP contribution < -0.4 is 24.6 Å². The molecule has 1 atom stereocenters. The van der Waals surface area contributed by atoms with Crippen LogP contribution in [0.25, 0.3) is 0 Å². The molecule has 11 heteroatoms. The minimum atomic E-state index is -3.11. The van der Waals surface area contributed by atoms with Crippen LogP contribution in [0.4, 0.5) is 24.7 Å². The van der Waals surface area contributed by atoms with Crippen molar-refractivity contribution >= 4 is 17.4 Å². The van der Waals surface area contributed by atoms with E-state index in [0.29, 0.717) is 0 Å². The monoisotopic (exact) mass is 454 g/mol. The molecule has 1 aromatic heterocycles.